The van der Waals surface area contributed by atoms with Crippen LogP contribution in [0.5, 0.6) is 0 Å². The van der Waals surface area contributed by atoms with E-state index in [1.165, 1.54) is 0 Å². The molecule has 1 amide bonds. The number of rotatable bonds is 3. The van der Waals surface area contributed by atoms with Crippen LogP contribution in [0.25, 0.3) is 0 Å². The predicted molar refractivity (Wildman–Crippen MR) is 64.8 cm³/mol. The number of pyridine rings is 1. The lowest BCUT2D eigenvalue weighted by molar-refractivity contribution is 0.102. The number of aryl methyl sites for hydroxylation is 2. The van der Waals surface area contributed by atoms with Gasteiger partial charge < -0.3 is 5.32 Å². The van der Waals surface area contributed by atoms with Crippen LogP contribution in [-0.4, -0.2) is 20.7 Å². The first-order valence-electron chi connectivity index (χ1n) is 5.45. The number of anilines is 1. The Morgan fingerprint density at radius 1 is 1.53 bits per heavy atom. The van der Waals surface area contributed by atoms with Gasteiger partial charge >= 0.3 is 0 Å². The molecule has 2 rings (SSSR count). The van der Waals surface area contributed by atoms with Crippen LogP contribution in [0.15, 0.2) is 30.7 Å². The van der Waals surface area contributed by atoms with E-state index >= 15 is 0 Å². The molecular weight excluding hydrogens is 216 g/mol. The van der Waals surface area contributed by atoms with Crippen molar-refractivity contribution in [3.05, 3.63) is 41.9 Å². The number of nitrogens with zero attached hydrogens (tertiary/aromatic N) is 3. The fourth-order valence-corrected chi connectivity index (χ4v) is 1.45. The Morgan fingerprint density at radius 3 is 3.00 bits per heavy atom. The van der Waals surface area contributed by atoms with Crippen molar-refractivity contribution in [2.75, 3.05) is 5.32 Å². The van der Waals surface area contributed by atoms with Gasteiger partial charge in [0.2, 0.25) is 0 Å². The first kappa shape index (κ1) is 11.3. The van der Waals surface area contributed by atoms with Crippen molar-refractivity contribution < 1.29 is 4.79 Å². The highest BCUT2D eigenvalue weighted by atomic mass is 16.1. The summed E-state index contributed by atoms with van der Waals surface area (Å²) < 4.78 is 1.71. The summed E-state index contributed by atoms with van der Waals surface area (Å²) in [5, 5.41) is 6.78. The monoisotopic (exact) mass is 230 g/mol. The van der Waals surface area contributed by atoms with Gasteiger partial charge in [0.05, 0.1) is 11.8 Å². The fourth-order valence-electron chi connectivity index (χ4n) is 1.45. The van der Waals surface area contributed by atoms with E-state index in [-0.39, 0.29) is 5.91 Å². The SMILES string of the molecule is CCn1cc(C(=O)Nc2cc(C)ccn2)cn1. The summed E-state index contributed by atoms with van der Waals surface area (Å²) in [6.45, 7) is 4.67. The molecule has 88 valence electrons. The van der Waals surface area contributed by atoms with Crippen LogP contribution in [0.2, 0.25) is 0 Å². The molecule has 5 heteroatoms. The standard InChI is InChI=1S/C12H14N4O/c1-3-16-8-10(7-14-16)12(17)15-11-6-9(2)4-5-13-11/h4-8H,3H2,1-2H3,(H,13,15,17). The molecular formula is C12H14N4O. The summed E-state index contributed by atoms with van der Waals surface area (Å²) >= 11 is 0. The zero-order valence-electron chi connectivity index (χ0n) is 9.84. The lowest BCUT2D eigenvalue weighted by Gasteiger charge is -2.02. The molecule has 0 atom stereocenters. The maximum Gasteiger partial charge on any atom is 0.260 e. The molecule has 0 unspecified atom stereocenters. The molecule has 0 fully saturated rings. The van der Waals surface area contributed by atoms with Gasteiger partial charge in [-0.15, -0.1) is 0 Å². The second-order valence-corrected chi connectivity index (χ2v) is 3.76. The van der Waals surface area contributed by atoms with Crippen molar-refractivity contribution in [3.8, 4) is 0 Å². The number of amides is 1. The van der Waals surface area contributed by atoms with E-state index in [4.69, 9.17) is 0 Å². The van der Waals surface area contributed by atoms with E-state index in [1.807, 2.05) is 26.0 Å². The Bertz CT molecular complexity index is 533. The summed E-state index contributed by atoms with van der Waals surface area (Å²) in [6, 6.07) is 3.70. The lowest BCUT2D eigenvalue weighted by atomic mass is 10.3. The van der Waals surface area contributed by atoms with Gasteiger partial charge in [-0.05, 0) is 31.5 Å². The minimum Gasteiger partial charge on any atom is -0.306 e. The summed E-state index contributed by atoms with van der Waals surface area (Å²) in [5.41, 5.74) is 1.59. The third kappa shape index (κ3) is 2.69. The van der Waals surface area contributed by atoms with Crippen molar-refractivity contribution in [2.45, 2.75) is 20.4 Å². The van der Waals surface area contributed by atoms with Crippen molar-refractivity contribution in [1.29, 1.82) is 0 Å². The average Bonchev–Trinajstić information content (AvgIpc) is 2.77. The molecule has 17 heavy (non-hydrogen) atoms. The topological polar surface area (TPSA) is 59.8 Å². The molecule has 0 aliphatic carbocycles. The van der Waals surface area contributed by atoms with E-state index in [0.717, 1.165) is 12.1 Å². The molecule has 0 aliphatic rings. The van der Waals surface area contributed by atoms with Crippen LogP contribution in [0.1, 0.15) is 22.8 Å². The molecule has 0 saturated carbocycles. The number of aromatic nitrogens is 3. The van der Waals surface area contributed by atoms with Crippen molar-refractivity contribution in [2.24, 2.45) is 0 Å². The van der Waals surface area contributed by atoms with Crippen molar-refractivity contribution in [1.82, 2.24) is 14.8 Å². The van der Waals surface area contributed by atoms with Gasteiger partial charge in [-0.1, -0.05) is 0 Å². The van der Waals surface area contributed by atoms with Gasteiger partial charge in [0.25, 0.3) is 5.91 Å². The number of hydrogen-bond donors (Lipinski definition) is 1. The van der Waals surface area contributed by atoms with Crippen LogP contribution in [0.3, 0.4) is 0 Å². The summed E-state index contributed by atoms with van der Waals surface area (Å²) in [7, 11) is 0. The minimum absolute atomic E-state index is 0.192. The highest BCUT2D eigenvalue weighted by Crippen LogP contribution is 2.07. The lowest BCUT2D eigenvalue weighted by Crippen LogP contribution is -2.12. The Balaban J connectivity index is 2.11. The first-order chi connectivity index (χ1) is 8.19. The third-order valence-electron chi connectivity index (χ3n) is 2.38. The van der Waals surface area contributed by atoms with Crippen LogP contribution in [-0.2, 0) is 6.54 Å². The molecule has 2 aromatic rings. The number of nitrogens with one attached hydrogen (secondary N) is 1. The fraction of sp³-hybridized carbons (Fsp3) is 0.250. The van der Waals surface area contributed by atoms with E-state index in [9.17, 15) is 4.79 Å². The second kappa shape index (κ2) is 4.78. The highest BCUT2D eigenvalue weighted by Gasteiger charge is 2.08. The van der Waals surface area contributed by atoms with E-state index < -0.39 is 0 Å². The molecule has 0 bridgehead atoms. The van der Waals surface area contributed by atoms with Crippen molar-refractivity contribution in [3.63, 3.8) is 0 Å². The van der Waals surface area contributed by atoms with E-state index in [1.54, 1.807) is 23.3 Å². The summed E-state index contributed by atoms with van der Waals surface area (Å²) in [4.78, 5) is 15.9. The number of hydrogen-bond acceptors (Lipinski definition) is 3. The summed E-state index contributed by atoms with van der Waals surface area (Å²) in [6.07, 6.45) is 4.93. The van der Waals surface area contributed by atoms with Gasteiger partial charge in [-0.3, -0.25) is 9.48 Å². The first-order valence-corrected chi connectivity index (χ1v) is 5.45. The van der Waals surface area contributed by atoms with Gasteiger partial charge in [-0.2, -0.15) is 5.10 Å². The molecule has 2 aromatic heterocycles. The Morgan fingerprint density at radius 2 is 2.35 bits per heavy atom. The largest absolute Gasteiger partial charge is 0.306 e. The number of carbonyl (C=O) groups is 1. The Labute approximate surface area is 99.5 Å². The van der Waals surface area contributed by atoms with E-state index in [0.29, 0.717) is 11.4 Å². The Kier molecular flexibility index (Phi) is 3.18. The smallest absolute Gasteiger partial charge is 0.260 e. The minimum atomic E-state index is -0.192. The van der Waals surface area contributed by atoms with Crippen LogP contribution < -0.4 is 5.32 Å². The highest BCUT2D eigenvalue weighted by molar-refractivity contribution is 6.03. The molecule has 0 aliphatic heterocycles. The van der Waals surface area contributed by atoms with Crippen molar-refractivity contribution >= 4 is 11.7 Å². The zero-order chi connectivity index (χ0) is 12.3. The molecule has 2 heterocycles. The number of carbonyl (C=O) groups excluding carboxylic acids is 1. The molecule has 0 aromatic carbocycles. The second-order valence-electron chi connectivity index (χ2n) is 3.76. The van der Waals surface area contributed by atoms with Crippen LogP contribution in [0.4, 0.5) is 5.82 Å². The third-order valence-corrected chi connectivity index (χ3v) is 2.38. The van der Waals surface area contributed by atoms with Gasteiger partial charge in [0.15, 0.2) is 0 Å². The molecule has 5 nitrogen and oxygen atoms in total. The molecule has 0 radical (unpaired) electrons. The predicted octanol–water partition coefficient (Wildman–Crippen LogP) is 1.86. The zero-order valence-corrected chi connectivity index (χ0v) is 9.84. The molecule has 1 N–H and O–H groups in total. The normalized spacial score (nSPS) is 10.2. The quantitative estimate of drug-likeness (QED) is 0.875. The maximum atomic E-state index is 11.9. The van der Waals surface area contributed by atoms with E-state index in [2.05, 4.69) is 15.4 Å². The van der Waals surface area contributed by atoms with Crippen LogP contribution >= 0.6 is 0 Å². The summed E-state index contributed by atoms with van der Waals surface area (Å²) in [5.74, 6) is 0.363. The van der Waals surface area contributed by atoms with Crippen LogP contribution in [0, 0.1) is 6.92 Å². The maximum absolute atomic E-state index is 11.9. The molecule has 0 saturated heterocycles. The Hall–Kier alpha value is -2.17. The average molecular weight is 230 g/mol. The van der Waals surface area contributed by atoms with Gasteiger partial charge in [0, 0.05) is 18.9 Å². The molecule has 0 spiro atoms. The van der Waals surface area contributed by atoms with Gasteiger partial charge in [0.1, 0.15) is 5.82 Å². The van der Waals surface area contributed by atoms with Gasteiger partial charge in [-0.25, -0.2) is 4.98 Å².